The van der Waals surface area contributed by atoms with Crippen molar-refractivity contribution in [1.29, 1.82) is 0 Å². The van der Waals surface area contributed by atoms with Crippen LogP contribution in [0.2, 0.25) is 0 Å². The average molecular weight is 568 g/mol. The molecule has 0 spiro atoms. The highest BCUT2D eigenvalue weighted by Gasteiger charge is 2.28. The molecule has 1 N–H and O–H groups in total. The van der Waals surface area contributed by atoms with E-state index in [1.807, 2.05) is 17.0 Å². The molecule has 216 valence electrons. The van der Waals surface area contributed by atoms with Crippen LogP contribution in [0.3, 0.4) is 0 Å². The number of anilines is 1. The lowest BCUT2D eigenvalue weighted by Gasteiger charge is -2.40. The maximum atomic E-state index is 13.3. The van der Waals surface area contributed by atoms with Crippen molar-refractivity contribution < 1.29 is 18.9 Å². The Morgan fingerprint density at radius 1 is 0.857 bits per heavy atom. The molecule has 0 radical (unpaired) electrons. The van der Waals surface area contributed by atoms with E-state index in [2.05, 4.69) is 58.7 Å². The first-order chi connectivity index (χ1) is 20.5. The van der Waals surface area contributed by atoms with E-state index in [9.17, 15) is 19.7 Å². The molecule has 0 aliphatic carbocycles. The lowest BCUT2D eigenvalue weighted by molar-refractivity contribution is -0.384. The number of nitrogens with one attached hydrogen (secondary N) is 1. The van der Waals surface area contributed by atoms with Gasteiger partial charge in [-0.05, 0) is 35.4 Å². The summed E-state index contributed by atoms with van der Waals surface area (Å²) < 4.78 is 5.44. The SMILES string of the molecule is O=C(CCN(Cc1ccco1)C(=O)Nc1ccc([N+](=O)[O-])cc1)N1CCN(C(c2ccccc2)c2ccccc2)CC1. The summed E-state index contributed by atoms with van der Waals surface area (Å²) in [6.45, 7) is 3.04. The lowest BCUT2D eigenvalue weighted by atomic mass is 9.96. The maximum absolute atomic E-state index is 13.3. The molecule has 1 aromatic heterocycles. The second-order valence-electron chi connectivity index (χ2n) is 10.1. The molecule has 1 aliphatic rings. The van der Waals surface area contributed by atoms with E-state index >= 15 is 0 Å². The van der Waals surface area contributed by atoms with E-state index in [1.54, 1.807) is 12.1 Å². The number of piperazine rings is 1. The zero-order valence-electron chi connectivity index (χ0n) is 23.2. The van der Waals surface area contributed by atoms with Crippen molar-refractivity contribution in [2.75, 3.05) is 38.0 Å². The number of nitro groups is 1. The van der Waals surface area contributed by atoms with Crippen molar-refractivity contribution in [3.05, 3.63) is 130 Å². The first kappa shape index (κ1) is 28.6. The topological polar surface area (TPSA) is 112 Å². The van der Waals surface area contributed by atoms with Gasteiger partial charge in [-0.15, -0.1) is 0 Å². The van der Waals surface area contributed by atoms with Crippen molar-refractivity contribution in [1.82, 2.24) is 14.7 Å². The Labute approximate surface area is 244 Å². The Balaban J connectivity index is 1.20. The van der Waals surface area contributed by atoms with Gasteiger partial charge < -0.3 is 19.5 Å². The van der Waals surface area contributed by atoms with Gasteiger partial charge in [0.15, 0.2) is 0 Å². The number of nitrogens with zero attached hydrogens (tertiary/aromatic N) is 4. The summed E-state index contributed by atoms with van der Waals surface area (Å²) in [6, 6.07) is 29.6. The van der Waals surface area contributed by atoms with Gasteiger partial charge in [-0.3, -0.25) is 19.8 Å². The summed E-state index contributed by atoms with van der Waals surface area (Å²) in [7, 11) is 0. The van der Waals surface area contributed by atoms with Crippen LogP contribution in [0, 0.1) is 10.1 Å². The number of non-ortho nitro benzene ring substituents is 1. The Morgan fingerprint density at radius 3 is 2.02 bits per heavy atom. The number of carbonyl (C=O) groups excluding carboxylic acids is 2. The highest BCUT2D eigenvalue weighted by molar-refractivity contribution is 5.89. The van der Waals surface area contributed by atoms with Crippen molar-refractivity contribution in [2.45, 2.75) is 19.0 Å². The van der Waals surface area contributed by atoms with Crippen molar-refractivity contribution in [3.8, 4) is 0 Å². The molecular formula is C32H33N5O5. The molecule has 0 unspecified atom stereocenters. The molecule has 3 amide bonds. The molecule has 1 saturated heterocycles. The van der Waals surface area contributed by atoms with Gasteiger partial charge in [0, 0.05) is 57.0 Å². The summed E-state index contributed by atoms with van der Waals surface area (Å²) in [6.07, 6.45) is 1.69. The minimum atomic E-state index is -0.496. The Kier molecular flexibility index (Phi) is 9.25. The minimum absolute atomic E-state index is 0.0156. The van der Waals surface area contributed by atoms with Crippen molar-refractivity contribution >= 4 is 23.3 Å². The summed E-state index contributed by atoms with van der Waals surface area (Å²) in [5.74, 6) is 0.570. The molecule has 5 rings (SSSR count). The number of hydrogen-bond donors (Lipinski definition) is 1. The molecule has 4 aromatic rings. The molecule has 0 atom stereocenters. The Hall–Kier alpha value is -4.96. The van der Waals surface area contributed by atoms with Gasteiger partial charge in [0.05, 0.1) is 23.8 Å². The van der Waals surface area contributed by atoms with Gasteiger partial charge in [-0.1, -0.05) is 60.7 Å². The van der Waals surface area contributed by atoms with Crippen LogP contribution in [0.15, 0.2) is 108 Å². The molecule has 10 nitrogen and oxygen atoms in total. The van der Waals surface area contributed by atoms with Crippen molar-refractivity contribution in [2.24, 2.45) is 0 Å². The minimum Gasteiger partial charge on any atom is -0.467 e. The molecule has 42 heavy (non-hydrogen) atoms. The fourth-order valence-corrected chi connectivity index (χ4v) is 5.22. The highest BCUT2D eigenvalue weighted by atomic mass is 16.6. The fourth-order valence-electron chi connectivity index (χ4n) is 5.22. The zero-order valence-corrected chi connectivity index (χ0v) is 23.2. The molecule has 0 bridgehead atoms. The summed E-state index contributed by atoms with van der Waals surface area (Å²) in [5, 5.41) is 13.7. The molecule has 0 saturated carbocycles. The maximum Gasteiger partial charge on any atom is 0.322 e. The summed E-state index contributed by atoms with van der Waals surface area (Å²) in [4.78, 5) is 42.6. The van der Waals surface area contributed by atoms with Crippen LogP contribution in [0.5, 0.6) is 0 Å². The third-order valence-electron chi connectivity index (χ3n) is 7.40. The molecule has 3 aromatic carbocycles. The monoisotopic (exact) mass is 567 g/mol. The first-order valence-electron chi connectivity index (χ1n) is 13.9. The quantitative estimate of drug-likeness (QED) is 0.199. The lowest BCUT2D eigenvalue weighted by Crippen LogP contribution is -2.50. The number of urea groups is 1. The van der Waals surface area contributed by atoms with E-state index in [0.717, 1.165) is 13.1 Å². The van der Waals surface area contributed by atoms with Gasteiger partial charge in [-0.2, -0.15) is 0 Å². The number of amides is 3. The molecule has 1 aliphatic heterocycles. The predicted molar refractivity (Wildman–Crippen MR) is 159 cm³/mol. The van der Waals surface area contributed by atoms with Gasteiger partial charge in [0.25, 0.3) is 5.69 Å². The largest absolute Gasteiger partial charge is 0.467 e. The van der Waals surface area contributed by atoms with Crippen LogP contribution in [-0.2, 0) is 11.3 Å². The van der Waals surface area contributed by atoms with Gasteiger partial charge in [0.1, 0.15) is 5.76 Å². The summed E-state index contributed by atoms with van der Waals surface area (Å²) in [5.41, 5.74) is 2.79. The molecule has 2 heterocycles. The predicted octanol–water partition coefficient (Wildman–Crippen LogP) is 5.55. The van der Waals surface area contributed by atoms with Gasteiger partial charge in [0.2, 0.25) is 5.91 Å². The normalized spacial score (nSPS) is 13.6. The van der Waals surface area contributed by atoms with Crippen LogP contribution >= 0.6 is 0 Å². The average Bonchev–Trinajstić information content (AvgIpc) is 3.54. The zero-order chi connectivity index (χ0) is 29.3. The van der Waals surface area contributed by atoms with E-state index in [0.29, 0.717) is 24.5 Å². The highest BCUT2D eigenvalue weighted by Crippen LogP contribution is 2.29. The van der Waals surface area contributed by atoms with E-state index in [4.69, 9.17) is 4.42 Å². The van der Waals surface area contributed by atoms with Crippen LogP contribution in [-0.4, -0.2) is 64.3 Å². The van der Waals surface area contributed by atoms with E-state index < -0.39 is 11.0 Å². The third-order valence-corrected chi connectivity index (χ3v) is 7.40. The Morgan fingerprint density at radius 2 is 1.48 bits per heavy atom. The number of nitro benzene ring substituents is 1. The van der Waals surface area contributed by atoms with Crippen LogP contribution in [0.4, 0.5) is 16.2 Å². The van der Waals surface area contributed by atoms with Crippen LogP contribution in [0.25, 0.3) is 0 Å². The number of carbonyl (C=O) groups is 2. The Bertz CT molecular complexity index is 1410. The number of furan rings is 1. The van der Waals surface area contributed by atoms with Gasteiger partial charge in [-0.25, -0.2) is 4.79 Å². The number of benzene rings is 3. The standard InChI is InChI=1S/C32H33N5O5/c38-30(34-19-21-35(22-20-34)31(25-8-3-1-4-9-25)26-10-5-2-6-11-26)17-18-36(24-29-12-7-23-42-29)32(39)33-27-13-15-28(16-14-27)37(40)41/h1-16,23,31H,17-22,24H2,(H,33,39). The van der Waals surface area contributed by atoms with E-state index in [1.165, 1.54) is 46.6 Å². The van der Waals surface area contributed by atoms with Gasteiger partial charge >= 0.3 is 6.03 Å². The molecular weight excluding hydrogens is 534 g/mol. The molecule has 10 heteroatoms. The number of rotatable bonds is 10. The first-order valence-corrected chi connectivity index (χ1v) is 13.9. The second kappa shape index (κ2) is 13.6. The summed E-state index contributed by atoms with van der Waals surface area (Å²) >= 11 is 0. The second-order valence-corrected chi connectivity index (χ2v) is 10.1. The fraction of sp³-hybridized carbons (Fsp3) is 0.250. The number of hydrogen-bond acceptors (Lipinski definition) is 6. The smallest absolute Gasteiger partial charge is 0.322 e. The molecule has 1 fully saturated rings. The van der Waals surface area contributed by atoms with Crippen LogP contribution < -0.4 is 5.32 Å². The van der Waals surface area contributed by atoms with E-state index in [-0.39, 0.29) is 37.1 Å². The van der Waals surface area contributed by atoms with Crippen molar-refractivity contribution in [3.63, 3.8) is 0 Å². The van der Waals surface area contributed by atoms with Crippen LogP contribution in [0.1, 0.15) is 29.3 Å². The third kappa shape index (κ3) is 7.21.